The fourth-order valence-electron chi connectivity index (χ4n) is 3.68. The molecule has 4 rings (SSSR count). The molecule has 7 heteroatoms. The van der Waals surface area contributed by atoms with Crippen molar-refractivity contribution in [1.29, 1.82) is 0 Å². The Labute approximate surface area is 175 Å². The average molecular weight is 404 g/mol. The Morgan fingerprint density at radius 1 is 1.07 bits per heavy atom. The van der Waals surface area contributed by atoms with Crippen molar-refractivity contribution in [3.63, 3.8) is 0 Å². The first-order valence-corrected chi connectivity index (χ1v) is 10.2. The van der Waals surface area contributed by atoms with Crippen LogP contribution in [0, 0.1) is 0 Å². The maximum atomic E-state index is 12.8. The minimum atomic E-state index is -0.588. The van der Waals surface area contributed by atoms with Crippen LogP contribution in [0.4, 0.5) is 0 Å². The van der Waals surface area contributed by atoms with E-state index < -0.39 is 5.97 Å². The number of rotatable bonds is 6. The lowest BCUT2D eigenvalue weighted by Gasteiger charge is -2.22. The molecule has 1 amide bonds. The smallest absolute Gasteiger partial charge is 0.342 e. The Morgan fingerprint density at radius 2 is 1.87 bits per heavy atom. The highest BCUT2D eigenvalue weighted by molar-refractivity contribution is 5.97. The first-order valence-electron chi connectivity index (χ1n) is 10.2. The number of carbonyl (C=O) groups excluding carboxylic acids is 2. The molecule has 0 atom stereocenters. The Bertz CT molecular complexity index is 996. The van der Waals surface area contributed by atoms with E-state index in [1.54, 1.807) is 29.3 Å². The Kier molecular flexibility index (Phi) is 6.17. The Hall–Kier alpha value is -3.48. The minimum absolute atomic E-state index is 0.178. The van der Waals surface area contributed by atoms with E-state index in [4.69, 9.17) is 4.74 Å². The number of pyridine rings is 1. The number of aromatic nitrogens is 3. The molecule has 2 aromatic heterocycles. The van der Waals surface area contributed by atoms with Crippen LogP contribution in [0.1, 0.15) is 42.5 Å². The third-order valence-electron chi connectivity index (χ3n) is 5.19. The zero-order valence-electron chi connectivity index (χ0n) is 16.7. The molecule has 1 aromatic carbocycles. The van der Waals surface area contributed by atoms with Crippen molar-refractivity contribution in [1.82, 2.24) is 20.1 Å². The third-order valence-corrected chi connectivity index (χ3v) is 5.19. The zero-order valence-corrected chi connectivity index (χ0v) is 16.7. The molecule has 3 aromatic rings. The fraction of sp³-hybridized carbons (Fsp3) is 0.304. The van der Waals surface area contributed by atoms with Crippen molar-refractivity contribution < 1.29 is 14.3 Å². The van der Waals surface area contributed by atoms with E-state index in [-0.39, 0.29) is 24.1 Å². The fourth-order valence-corrected chi connectivity index (χ4v) is 3.68. The Balaban J connectivity index is 1.50. The molecule has 0 aliphatic heterocycles. The lowest BCUT2D eigenvalue weighted by Crippen LogP contribution is -2.38. The highest BCUT2D eigenvalue weighted by Crippen LogP contribution is 2.24. The van der Waals surface area contributed by atoms with Gasteiger partial charge >= 0.3 is 5.97 Å². The van der Waals surface area contributed by atoms with Gasteiger partial charge in [-0.15, -0.1) is 0 Å². The summed E-state index contributed by atoms with van der Waals surface area (Å²) in [7, 11) is 0. The summed E-state index contributed by atoms with van der Waals surface area (Å²) in [4.78, 5) is 29.1. The molecule has 0 spiro atoms. The molecule has 30 heavy (non-hydrogen) atoms. The third kappa shape index (κ3) is 4.74. The van der Waals surface area contributed by atoms with E-state index in [0.717, 1.165) is 31.4 Å². The predicted octanol–water partition coefficient (Wildman–Crippen LogP) is 3.54. The average Bonchev–Trinajstić information content (AvgIpc) is 3.25. The van der Waals surface area contributed by atoms with Gasteiger partial charge in [0.25, 0.3) is 5.91 Å². The first kappa shape index (κ1) is 19.8. The van der Waals surface area contributed by atoms with Gasteiger partial charge in [-0.3, -0.25) is 9.78 Å². The van der Waals surface area contributed by atoms with E-state index in [1.807, 2.05) is 36.4 Å². The van der Waals surface area contributed by atoms with Gasteiger partial charge in [-0.2, -0.15) is 5.10 Å². The van der Waals surface area contributed by atoms with Crippen LogP contribution in [0.2, 0.25) is 0 Å². The van der Waals surface area contributed by atoms with Crippen molar-refractivity contribution in [2.45, 2.75) is 38.1 Å². The summed E-state index contributed by atoms with van der Waals surface area (Å²) in [6.07, 6.45) is 10.3. The molecule has 0 saturated heterocycles. The maximum absolute atomic E-state index is 12.8. The summed E-state index contributed by atoms with van der Waals surface area (Å²) in [5.74, 6) is -0.858. The lowest BCUT2D eigenvalue weighted by atomic mass is 9.95. The van der Waals surface area contributed by atoms with Gasteiger partial charge in [-0.05, 0) is 37.1 Å². The van der Waals surface area contributed by atoms with Gasteiger partial charge in [0, 0.05) is 30.2 Å². The molecule has 1 fully saturated rings. The summed E-state index contributed by atoms with van der Waals surface area (Å²) in [5, 5.41) is 7.52. The monoisotopic (exact) mass is 404 g/mol. The molecule has 0 bridgehead atoms. The largest absolute Gasteiger partial charge is 0.452 e. The first-order chi connectivity index (χ1) is 14.7. The van der Waals surface area contributed by atoms with Crippen LogP contribution >= 0.6 is 0 Å². The van der Waals surface area contributed by atoms with Gasteiger partial charge < -0.3 is 10.1 Å². The summed E-state index contributed by atoms with van der Waals surface area (Å²) >= 11 is 0. The molecule has 2 heterocycles. The number of benzene rings is 1. The molecule has 1 N–H and O–H groups in total. The van der Waals surface area contributed by atoms with Crippen LogP contribution in [-0.2, 0) is 9.53 Å². The quantitative estimate of drug-likeness (QED) is 0.635. The van der Waals surface area contributed by atoms with Crippen molar-refractivity contribution in [2.75, 3.05) is 6.61 Å². The van der Waals surface area contributed by atoms with Gasteiger partial charge in [-0.1, -0.05) is 37.5 Å². The van der Waals surface area contributed by atoms with Gasteiger partial charge in [0.1, 0.15) is 11.3 Å². The molecule has 1 aliphatic rings. The molecule has 7 nitrogen and oxygen atoms in total. The number of hydrogen-bond donors (Lipinski definition) is 1. The number of para-hydroxylation sites is 1. The second kappa shape index (κ2) is 9.35. The highest BCUT2D eigenvalue weighted by Gasteiger charge is 2.22. The standard InChI is InChI=1S/C23H24N4O3/c28-21(25-18-9-3-1-4-10-18)16-30-23(29)20-15-27(19-11-5-2-6-12-19)26-22(20)17-8-7-13-24-14-17/h2,5-8,11-15,18H,1,3-4,9-10,16H2,(H,25,28). The topological polar surface area (TPSA) is 86.1 Å². The summed E-state index contributed by atoms with van der Waals surface area (Å²) in [5.41, 5.74) is 2.27. The number of esters is 1. The second-order valence-electron chi connectivity index (χ2n) is 7.39. The molecular formula is C23H24N4O3. The van der Waals surface area contributed by atoms with E-state index >= 15 is 0 Å². The number of nitrogens with zero attached hydrogens (tertiary/aromatic N) is 3. The van der Waals surface area contributed by atoms with E-state index in [1.165, 1.54) is 6.42 Å². The van der Waals surface area contributed by atoms with Crippen molar-refractivity contribution in [3.05, 3.63) is 66.6 Å². The van der Waals surface area contributed by atoms with Crippen LogP contribution in [-0.4, -0.2) is 39.3 Å². The molecule has 0 radical (unpaired) electrons. The van der Waals surface area contributed by atoms with Crippen LogP contribution in [0.25, 0.3) is 16.9 Å². The molecule has 1 saturated carbocycles. The number of carbonyl (C=O) groups is 2. The molecule has 154 valence electrons. The summed E-state index contributed by atoms with van der Waals surface area (Å²) < 4.78 is 6.94. The van der Waals surface area contributed by atoms with E-state index in [2.05, 4.69) is 15.4 Å². The van der Waals surface area contributed by atoms with Gasteiger partial charge in [0.05, 0.1) is 5.69 Å². The molecule has 1 aliphatic carbocycles. The number of hydrogen-bond acceptors (Lipinski definition) is 5. The van der Waals surface area contributed by atoms with E-state index in [9.17, 15) is 9.59 Å². The maximum Gasteiger partial charge on any atom is 0.342 e. The molecular weight excluding hydrogens is 380 g/mol. The second-order valence-corrected chi connectivity index (χ2v) is 7.39. The summed E-state index contributed by atoms with van der Waals surface area (Å²) in [6.45, 7) is -0.307. The van der Waals surface area contributed by atoms with E-state index in [0.29, 0.717) is 11.3 Å². The van der Waals surface area contributed by atoms with Gasteiger partial charge in [0.2, 0.25) is 0 Å². The number of ether oxygens (including phenoxy) is 1. The zero-order chi connectivity index (χ0) is 20.8. The number of nitrogens with one attached hydrogen (secondary N) is 1. The SMILES string of the molecule is O=C(COC(=O)c1cn(-c2ccccc2)nc1-c1cccnc1)NC1CCCCC1. The van der Waals surface area contributed by atoms with Crippen LogP contribution in [0.3, 0.4) is 0 Å². The lowest BCUT2D eigenvalue weighted by molar-refractivity contribution is -0.125. The normalized spacial score (nSPS) is 14.3. The van der Waals surface area contributed by atoms with Gasteiger partial charge in [0.15, 0.2) is 6.61 Å². The number of amides is 1. The van der Waals surface area contributed by atoms with Gasteiger partial charge in [-0.25, -0.2) is 9.48 Å². The summed E-state index contributed by atoms with van der Waals surface area (Å²) in [6, 6.07) is 13.3. The van der Waals surface area contributed by atoms with Crippen LogP contribution in [0.5, 0.6) is 0 Å². The van der Waals surface area contributed by atoms with Crippen molar-refractivity contribution in [3.8, 4) is 16.9 Å². The molecule has 0 unspecified atom stereocenters. The van der Waals surface area contributed by atoms with Crippen molar-refractivity contribution in [2.24, 2.45) is 0 Å². The van der Waals surface area contributed by atoms with Crippen LogP contribution in [0.15, 0.2) is 61.1 Å². The predicted molar refractivity (Wildman–Crippen MR) is 112 cm³/mol. The Morgan fingerprint density at radius 3 is 2.60 bits per heavy atom. The van der Waals surface area contributed by atoms with Crippen LogP contribution < -0.4 is 5.32 Å². The van der Waals surface area contributed by atoms with Crippen molar-refractivity contribution >= 4 is 11.9 Å². The minimum Gasteiger partial charge on any atom is -0.452 e. The highest BCUT2D eigenvalue weighted by atomic mass is 16.5.